The molecule has 0 atom stereocenters. The molecule has 0 aliphatic rings. The van der Waals surface area contributed by atoms with E-state index < -0.39 is 0 Å². The van der Waals surface area contributed by atoms with Gasteiger partial charge in [0.1, 0.15) is 21.8 Å². The molecule has 0 unspecified atom stereocenters. The number of aromatic hydroxyl groups is 1. The third-order valence-corrected chi connectivity index (χ3v) is 2.13. The molecule has 0 aliphatic heterocycles. The third kappa shape index (κ3) is 0.922. The lowest BCUT2D eigenvalue weighted by molar-refractivity contribution is 0.476. The summed E-state index contributed by atoms with van der Waals surface area (Å²) in [4.78, 5) is 0. The first-order chi connectivity index (χ1) is 5.70. The molecular weight excluding hydrogens is 201 g/mol. The van der Waals surface area contributed by atoms with Crippen molar-refractivity contribution in [3.8, 4) is 5.75 Å². The van der Waals surface area contributed by atoms with Gasteiger partial charge in [-0.25, -0.2) is 0 Å². The van der Waals surface area contributed by atoms with Crippen molar-refractivity contribution in [3.63, 3.8) is 0 Å². The second-order valence-electron chi connectivity index (χ2n) is 2.21. The van der Waals surface area contributed by atoms with Gasteiger partial charge in [0.15, 0.2) is 0 Å². The van der Waals surface area contributed by atoms with Crippen molar-refractivity contribution < 1.29 is 5.11 Å². The van der Waals surface area contributed by atoms with Gasteiger partial charge in [0.05, 0.1) is 5.02 Å². The Morgan fingerprint density at radius 2 is 1.92 bits per heavy atom. The average Bonchev–Trinajstić information content (AvgIpc) is 2.48. The van der Waals surface area contributed by atoms with Crippen LogP contribution in [0.1, 0.15) is 0 Å². The SMILES string of the molecule is Oc1cc(Cl)c2n[nH]nc2c1Cl. The number of nitrogens with one attached hydrogen (secondary N) is 1. The Hall–Kier alpha value is -1.00. The molecular formula is C6H3Cl2N3O. The van der Waals surface area contributed by atoms with Gasteiger partial charge in [-0.15, -0.1) is 0 Å². The monoisotopic (exact) mass is 203 g/mol. The van der Waals surface area contributed by atoms with Crippen molar-refractivity contribution in [2.45, 2.75) is 0 Å². The minimum absolute atomic E-state index is 0.0944. The molecule has 0 bridgehead atoms. The Labute approximate surface area is 77.1 Å². The van der Waals surface area contributed by atoms with E-state index in [1.54, 1.807) is 0 Å². The van der Waals surface area contributed by atoms with Gasteiger partial charge in [-0.1, -0.05) is 23.2 Å². The van der Waals surface area contributed by atoms with E-state index in [0.717, 1.165) is 0 Å². The lowest BCUT2D eigenvalue weighted by atomic mass is 10.3. The summed E-state index contributed by atoms with van der Waals surface area (Å²) in [5.74, 6) is -0.0944. The first-order valence-corrected chi connectivity index (χ1v) is 3.83. The van der Waals surface area contributed by atoms with Crippen LogP contribution in [-0.4, -0.2) is 20.5 Å². The van der Waals surface area contributed by atoms with Gasteiger partial charge in [-0.05, 0) is 0 Å². The fraction of sp³-hybridized carbons (Fsp3) is 0. The lowest BCUT2D eigenvalue weighted by Crippen LogP contribution is -1.75. The average molecular weight is 204 g/mol. The number of phenols is 1. The molecule has 0 spiro atoms. The zero-order chi connectivity index (χ0) is 8.72. The summed E-state index contributed by atoms with van der Waals surface area (Å²) in [6.45, 7) is 0. The lowest BCUT2D eigenvalue weighted by Gasteiger charge is -1.96. The number of halogens is 2. The van der Waals surface area contributed by atoms with Gasteiger partial charge >= 0.3 is 0 Å². The summed E-state index contributed by atoms with van der Waals surface area (Å²) >= 11 is 11.4. The smallest absolute Gasteiger partial charge is 0.138 e. The van der Waals surface area contributed by atoms with Gasteiger partial charge in [-0.3, -0.25) is 0 Å². The standard InChI is InChI=1S/C6H3Cl2N3O/c7-2-1-3(12)4(8)6-5(2)9-11-10-6/h1,12H,(H,9,10,11). The van der Waals surface area contributed by atoms with Gasteiger partial charge < -0.3 is 5.11 Å². The molecule has 0 fully saturated rings. The Morgan fingerprint density at radius 3 is 2.67 bits per heavy atom. The normalized spacial score (nSPS) is 10.8. The van der Waals surface area contributed by atoms with Crippen molar-refractivity contribution in [3.05, 3.63) is 16.1 Å². The maximum atomic E-state index is 9.22. The van der Waals surface area contributed by atoms with Crippen LogP contribution in [0.15, 0.2) is 6.07 Å². The highest BCUT2D eigenvalue weighted by Crippen LogP contribution is 2.34. The molecule has 1 aromatic carbocycles. The minimum atomic E-state index is -0.0944. The number of rotatable bonds is 0. The quantitative estimate of drug-likeness (QED) is 0.689. The molecule has 2 rings (SSSR count). The molecule has 0 aliphatic carbocycles. The van der Waals surface area contributed by atoms with Crippen LogP contribution in [0.5, 0.6) is 5.75 Å². The van der Waals surface area contributed by atoms with Crippen molar-refractivity contribution >= 4 is 34.2 Å². The molecule has 1 heterocycles. The van der Waals surface area contributed by atoms with Gasteiger partial charge in [0, 0.05) is 6.07 Å². The molecule has 0 saturated carbocycles. The summed E-state index contributed by atoms with van der Waals surface area (Å²) in [6, 6.07) is 1.33. The van der Waals surface area contributed by atoms with Gasteiger partial charge in [0.2, 0.25) is 0 Å². The van der Waals surface area contributed by atoms with Crippen LogP contribution in [0.2, 0.25) is 10.0 Å². The fourth-order valence-corrected chi connectivity index (χ4v) is 1.34. The predicted octanol–water partition coefficient (Wildman–Crippen LogP) is 1.97. The zero-order valence-corrected chi connectivity index (χ0v) is 7.19. The van der Waals surface area contributed by atoms with Crippen LogP contribution in [0.4, 0.5) is 0 Å². The number of phenolic OH excluding ortho intramolecular Hbond substituents is 1. The second kappa shape index (κ2) is 2.50. The molecule has 2 aromatic rings. The Bertz CT molecular complexity index is 440. The van der Waals surface area contributed by atoms with Crippen LogP contribution in [0.3, 0.4) is 0 Å². The van der Waals surface area contributed by atoms with E-state index in [4.69, 9.17) is 23.2 Å². The number of nitrogens with zero attached hydrogens (tertiary/aromatic N) is 2. The van der Waals surface area contributed by atoms with Crippen molar-refractivity contribution in [2.24, 2.45) is 0 Å². The molecule has 2 N–H and O–H groups in total. The van der Waals surface area contributed by atoms with Gasteiger partial charge in [-0.2, -0.15) is 15.4 Å². The predicted molar refractivity (Wildman–Crippen MR) is 45.6 cm³/mol. The second-order valence-corrected chi connectivity index (χ2v) is 3.00. The molecule has 0 saturated heterocycles. The number of fused-ring (bicyclic) bond motifs is 1. The maximum Gasteiger partial charge on any atom is 0.138 e. The summed E-state index contributed by atoms with van der Waals surface area (Å²) in [6.07, 6.45) is 0. The van der Waals surface area contributed by atoms with Crippen molar-refractivity contribution in [2.75, 3.05) is 0 Å². The van der Waals surface area contributed by atoms with E-state index in [1.807, 2.05) is 0 Å². The van der Waals surface area contributed by atoms with E-state index in [9.17, 15) is 5.11 Å². The molecule has 6 heteroatoms. The van der Waals surface area contributed by atoms with Crippen LogP contribution >= 0.6 is 23.2 Å². The summed E-state index contributed by atoms with van der Waals surface area (Å²) in [5, 5.41) is 19.5. The van der Waals surface area contributed by atoms with Crippen LogP contribution in [-0.2, 0) is 0 Å². The number of aromatic amines is 1. The number of hydrogen-bond donors (Lipinski definition) is 2. The summed E-state index contributed by atoms with van der Waals surface area (Å²) in [7, 11) is 0. The summed E-state index contributed by atoms with van der Waals surface area (Å²) < 4.78 is 0. The van der Waals surface area contributed by atoms with E-state index in [0.29, 0.717) is 16.1 Å². The summed E-state index contributed by atoms with van der Waals surface area (Å²) in [5.41, 5.74) is 0.834. The largest absolute Gasteiger partial charge is 0.506 e. The molecule has 62 valence electrons. The topological polar surface area (TPSA) is 61.8 Å². The number of aromatic nitrogens is 3. The first-order valence-electron chi connectivity index (χ1n) is 3.07. The third-order valence-electron chi connectivity index (χ3n) is 1.47. The molecule has 4 nitrogen and oxygen atoms in total. The highest BCUT2D eigenvalue weighted by atomic mass is 35.5. The number of H-pyrrole nitrogens is 1. The Balaban J connectivity index is 2.97. The van der Waals surface area contributed by atoms with Crippen LogP contribution < -0.4 is 0 Å². The maximum absolute atomic E-state index is 9.22. The first kappa shape index (κ1) is 7.64. The highest BCUT2D eigenvalue weighted by molar-refractivity contribution is 6.40. The molecule has 0 amide bonds. The fourth-order valence-electron chi connectivity index (χ4n) is 0.924. The van der Waals surface area contributed by atoms with Crippen molar-refractivity contribution in [1.82, 2.24) is 15.4 Å². The Kier molecular flexibility index (Phi) is 1.59. The van der Waals surface area contributed by atoms with E-state index >= 15 is 0 Å². The number of benzene rings is 1. The van der Waals surface area contributed by atoms with E-state index in [-0.39, 0.29) is 10.8 Å². The van der Waals surface area contributed by atoms with Crippen LogP contribution in [0, 0.1) is 0 Å². The molecule has 1 aromatic heterocycles. The minimum Gasteiger partial charge on any atom is -0.506 e. The highest BCUT2D eigenvalue weighted by Gasteiger charge is 2.11. The molecule has 0 radical (unpaired) electrons. The number of hydrogen-bond acceptors (Lipinski definition) is 3. The van der Waals surface area contributed by atoms with Crippen molar-refractivity contribution in [1.29, 1.82) is 0 Å². The van der Waals surface area contributed by atoms with Crippen LogP contribution in [0.25, 0.3) is 11.0 Å². The molecule has 12 heavy (non-hydrogen) atoms. The van der Waals surface area contributed by atoms with Gasteiger partial charge in [0.25, 0.3) is 0 Å². The Morgan fingerprint density at radius 1 is 1.25 bits per heavy atom. The zero-order valence-electron chi connectivity index (χ0n) is 5.67. The van der Waals surface area contributed by atoms with E-state index in [1.165, 1.54) is 6.07 Å². The van der Waals surface area contributed by atoms with E-state index in [2.05, 4.69) is 15.4 Å².